The molecule has 0 aromatic heterocycles. The van der Waals surface area contributed by atoms with Gasteiger partial charge in [-0.25, -0.2) is 14.1 Å². The Morgan fingerprint density at radius 2 is 1.89 bits per heavy atom. The number of rotatable bonds is 7. The SMILES string of the molecule is CCCN1c2cc(F)c(/C=C3/NC(=O)N(CC(=O)Nc4ccc(OC)cc4)C3=O)cc2C(C)=CC1(C)C. The first-order valence-corrected chi connectivity index (χ1v) is 12.1. The molecule has 0 bridgehead atoms. The number of hydrogen-bond acceptors (Lipinski definition) is 5. The summed E-state index contributed by atoms with van der Waals surface area (Å²) in [5.41, 5.74) is 2.99. The number of halogens is 1. The molecule has 2 aliphatic heterocycles. The van der Waals surface area contributed by atoms with Gasteiger partial charge in [0.1, 0.15) is 23.8 Å². The topological polar surface area (TPSA) is 91.0 Å². The van der Waals surface area contributed by atoms with Gasteiger partial charge in [-0.05, 0) is 75.2 Å². The number of hydrogen-bond donors (Lipinski definition) is 2. The molecule has 2 N–H and O–H groups in total. The molecule has 8 nitrogen and oxygen atoms in total. The molecule has 0 saturated carbocycles. The third kappa shape index (κ3) is 5.21. The van der Waals surface area contributed by atoms with Gasteiger partial charge in [0.2, 0.25) is 5.91 Å². The van der Waals surface area contributed by atoms with E-state index in [2.05, 4.69) is 42.4 Å². The minimum atomic E-state index is -0.744. The summed E-state index contributed by atoms with van der Waals surface area (Å²) in [6.45, 7) is 8.52. The molecule has 2 heterocycles. The molecule has 194 valence electrons. The second kappa shape index (κ2) is 10.1. The van der Waals surface area contributed by atoms with E-state index in [1.807, 2.05) is 6.92 Å². The number of imide groups is 1. The predicted molar refractivity (Wildman–Crippen MR) is 142 cm³/mol. The number of carbonyl (C=O) groups is 3. The molecular formula is C28H31FN4O4. The maximum Gasteiger partial charge on any atom is 0.329 e. The van der Waals surface area contributed by atoms with Gasteiger partial charge in [0.05, 0.1) is 12.6 Å². The van der Waals surface area contributed by atoms with Crippen molar-refractivity contribution in [2.75, 3.05) is 30.4 Å². The van der Waals surface area contributed by atoms with Crippen molar-refractivity contribution in [1.82, 2.24) is 10.2 Å². The number of benzene rings is 2. The Kier molecular flexibility index (Phi) is 7.07. The zero-order chi connectivity index (χ0) is 26.9. The fourth-order valence-electron chi connectivity index (χ4n) is 4.75. The van der Waals surface area contributed by atoms with Crippen molar-refractivity contribution >= 4 is 40.9 Å². The van der Waals surface area contributed by atoms with Crippen LogP contribution in [0.3, 0.4) is 0 Å². The largest absolute Gasteiger partial charge is 0.497 e. The van der Waals surface area contributed by atoms with Crippen LogP contribution in [0.2, 0.25) is 0 Å². The Balaban J connectivity index is 1.54. The summed E-state index contributed by atoms with van der Waals surface area (Å²) in [6.07, 6.45) is 4.37. The van der Waals surface area contributed by atoms with Crippen molar-refractivity contribution < 1.29 is 23.5 Å². The lowest BCUT2D eigenvalue weighted by Crippen LogP contribution is -2.45. The number of carbonyl (C=O) groups excluding carboxylic acids is 3. The maximum atomic E-state index is 15.3. The Hall–Kier alpha value is -4.14. The van der Waals surface area contributed by atoms with E-state index in [4.69, 9.17) is 4.74 Å². The van der Waals surface area contributed by atoms with Crippen LogP contribution in [0.15, 0.2) is 48.2 Å². The average Bonchev–Trinajstić information content (AvgIpc) is 3.10. The van der Waals surface area contributed by atoms with Gasteiger partial charge in [0.25, 0.3) is 5.91 Å². The minimum absolute atomic E-state index is 0.0933. The van der Waals surface area contributed by atoms with Gasteiger partial charge in [-0.1, -0.05) is 13.0 Å². The number of ether oxygens (including phenoxy) is 1. The van der Waals surface area contributed by atoms with Crippen LogP contribution in [0.25, 0.3) is 11.6 Å². The Morgan fingerprint density at radius 1 is 1.19 bits per heavy atom. The van der Waals surface area contributed by atoms with Gasteiger partial charge in [0.15, 0.2) is 0 Å². The summed E-state index contributed by atoms with van der Waals surface area (Å²) in [7, 11) is 1.53. The summed E-state index contributed by atoms with van der Waals surface area (Å²) in [6, 6.07) is 9.08. The van der Waals surface area contributed by atoms with E-state index in [0.29, 0.717) is 11.4 Å². The molecule has 0 unspecified atom stereocenters. The summed E-state index contributed by atoms with van der Waals surface area (Å²) < 4.78 is 20.3. The average molecular weight is 507 g/mol. The number of amides is 4. The van der Waals surface area contributed by atoms with Crippen molar-refractivity contribution in [1.29, 1.82) is 0 Å². The lowest BCUT2D eigenvalue weighted by molar-refractivity contribution is -0.127. The van der Waals surface area contributed by atoms with E-state index in [1.165, 1.54) is 19.3 Å². The van der Waals surface area contributed by atoms with E-state index in [9.17, 15) is 14.4 Å². The molecule has 2 aromatic carbocycles. The van der Waals surface area contributed by atoms with Crippen LogP contribution in [0.1, 0.15) is 45.2 Å². The number of allylic oxidation sites excluding steroid dienone is 1. The fourth-order valence-corrected chi connectivity index (χ4v) is 4.75. The van der Waals surface area contributed by atoms with Crippen molar-refractivity contribution in [3.05, 3.63) is 65.1 Å². The Labute approximate surface area is 215 Å². The highest BCUT2D eigenvalue weighted by Gasteiger charge is 2.36. The van der Waals surface area contributed by atoms with Crippen LogP contribution in [0.5, 0.6) is 5.75 Å². The zero-order valence-corrected chi connectivity index (χ0v) is 21.6. The van der Waals surface area contributed by atoms with Crippen LogP contribution < -0.4 is 20.3 Å². The van der Waals surface area contributed by atoms with Crippen LogP contribution >= 0.6 is 0 Å². The lowest BCUT2D eigenvalue weighted by atomic mass is 9.87. The molecule has 4 rings (SSSR count). The number of urea groups is 1. The van der Waals surface area contributed by atoms with Crippen LogP contribution in [-0.2, 0) is 9.59 Å². The highest BCUT2D eigenvalue weighted by atomic mass is 19.1. The highest BCUT2D eigenvalue weighted by Crippen LogP contribution is 2.40. The Morgan fingerprint density at radius 3 is 2.54 bits per heavy atom. The number of methoxy groups -OCH3 is 1. The number of anilines is 2. The van der Waals surface area contributed by atoms with Crippen LogP contribution in [0.4, 0.5) is 20.6 Å². The van der Waals surface area contributed by atoms with E-state index < -0.39 is 30.2 Å². The molecular weight excluding hydrogens is 475 g/mol. The maximum absolute atomic E-state index is 15.3. The van der Waals surface area contributed by atoms with Crippen molar-refractivity contribution in [3.8, 4) is 5.75 Å². The first-order chi connectivity index (χ1) is 17.5. The summed E-state index contributed by atoms with van der Waals surface area (Å²) in [5, 5.41) is 5.09. The van der Waals surface area contributed by atoms with Crippen molar-refractivity contribution in [2.45, 2.75) is 39.7 Å². The smallest absolute Gasteiger partial charge is 0.329 e. The number of nitrogens with zero attached hydrogens (tertiary/aromatic N) is 2. The quantitative estimate of drug-likeness (QED) is 0.417. The molecule has 1 saturated heterocycles. The number of fused-ring (bicyclic) bond motifs is 1. The molecule has 2 aliphatic rings. The van der Waals surface area contributed by atoms with Crippen molar-refractivity contribution in [3.63, 3.8) is 0 Å². The standard InChI is InChI=1S/C28H31FN4O4/c1-6-11-33-24-14-22(29)18(12-21(24)17(2)15-28(33,3)4)13-23-26(35)32(27(36)31-23)16-25(34)30-19-7-9-20(37-5)10-8-19/h7-10,12-15H,6,11,16H2,1-5H3,(H,30,34)(H,31,36)/b23-13+. The van der Waals surface area contributed by atoms with E-state index in [1.54, 1.807) is 30.3 Å². The second-order valence-electron chi connectivity index (χ2n) is 9.68. The third-order valence-electron chi connectivity index (χ3n) is 6.48. The second-order valence-corrected chi connectivity index (χ2v) is 9.68. The molecule has 9 heteroatoms. The summed E-state index contributed by atoms with van der Waals surface area (Å²) in [4.78, 5) is 40.8. The van der Waals surface area contributed by atoms with E-state index >= 15 is 4.39 Å². The fraction of sp³-hybridized carbons (Fsp3) is 0.321. The molecule has 0 atom stereocenters. The van der Waals surface area contributed by atoms with Crippen LogP contribution in [-0.4, -0.2) is 48.5 Å². The predicted octanol–water partition coefficient (Wildman–Crippen LogP) is 4.78. The number of nitrogens with one attached hydrogen (secondary N) is 2. The van der Waals surface area contributed by atoms with Crippen molar-refractivity contribution in [2.24, 2.45) is 0 Å². The van der Waals surface area contributed by atoms with Gasteiger partial charge in [-0.3, -0.25) is 9.59 Å². The third-order valence-corrected chi connectivity index (χ3v) is 6.48. The normalized spacial score (nSPS) is 17.5. The molecule has 0 spiro atoms. The minimum Gasteiger partial charge on any atom is -0.497 e. The monoisotopic (exact) mass is 506 g/mol. The van der Waals surface area contributed by atoms with E-state index in [-0.39, 0.29) is 16.8 Å². The van der Waals surface area contributed by atoms with Gasteiger partial charge < -0.3 is 20.3 Å². The highest BCUT2D eigenvalue weighted by molar-refractivity contribution is 6.16. The first-order valence-electron chi connectivity index (χ1n) is 12.1. The summed E-state index contributed by atoms with van der Waals surface area (Å²) >= 11 is 0. The van der Waals surface area contributed by atoms with Gasteiger partial charge in [0, 0.05) is 29.0 Å². The molecule has 2 aromatic rings. The Bertz CT molecular complexity index is 1310. The van der Waals surface area contributed by atoms with Gasteiger partial charge >= 0.3 is 6.03 Å². The van der Waals surface area contributed by atoms with Gasteiger partial charge in [-0.15, -0.1) is 0 Å². The molecule has 0 aliphatic carbocycles. The molecule has 1 fully saturated rings. The lowest BCUT2D eigenvalue weighted by Gasteiger charge is -2.43. The zero-order valence-electron chi connectivity index (χ0n) is 21.6. The van der Waals surface area contributed by atoms with Crippen LogP contribution in [0, 0.1) is 5.82 Å². The van der Waals surface area contributed by atoms with Gasteiger partial charge in [-0.2, -0.15) is 0 Å². The summed E-state index contributed by atoms with van der Waals surface area (Å²) in [5.74, 6) is -1.12. The molecule has 4 amide bonds. The van der Waals surface area contributed by atoms with E-state index in [0.717, 1.165) is 34.7 Å². The molecule has 37 heavy (non-hydrogen) atoms. The molecule has 0 radical (unpaired) electrons. The first kappa shape index (κ1) is 25.9.